The number of hydrogen-bond donors (Lipinski definition) is 2. The van der Waals surface area contributed by atoms with E-state index < -0.39 is 17.7 Å². The molecule has 1 amide bonds. The van der Waals surface area contributed by atoms with Gasteiger partial charge in [0, 0.05) is 32.6 Å². The van der Waals surface area contributed by atoms with Gasteiger partial charge in [0.15, 0.2) is 0 Å². The van der Waals surface area contributed by atoms with Crippen molar-refractivity contribution in [3.63, 3.8) is 0 Å². The molecule has 36 heavy (non-hydrogen) atoms. The molecule has 0 aliphatic heterocycles. The van der Waals surface area contributed by atoms with Crippen LogP contribution in [0, 0.1) is 5.82 Å². The van der Waals surface area contributed by atoms with Crippen molar-refractivity contribution in [1.29, 1.82) is 0 Å². The van der Waals surface area contributed by atoms with E-state index in [0.717, 1.165) is 0 Å². The third-order valence-corrected chi connectivity index (χ3v) is 5.67. The van der Waals surface area contributed by atoms with Crippen LogP contribution in [0.4, 0.5) is 4.39 Å². The molecule has 2 heterocycles. The number of rotatable bonds is 6. The molecule has 3 aromatic carbocycles. The maximum atomic E-state index is 14.0. The van der Waals surface area contributed by atoms with Crippen molar-refractivity contribution in [2.24, 2.45) is 5.10 Å². The van der Waals surface area contributed by atoms with Gasteiger partial charge >= 0.3 is 5.97 Å². The standard InChI is InChI=1S/C27H17ClFN3O4/c28-20-8-3-2-7-18(20)24-19-14-17(29)11-12-21(19)31-25(24)26(33)32-30-15-16-6-1-4-9-22(16)36-27(34)23-10-5-13-35-23/h1-15,31H,(H,32,33). The minimum atomic E-state index is -0.667. The number of halogens is 2. The van der Waals surface area contributed by atoms with Crippen LogP contribution in [0.15, 0.2) is 94.6 Å². The van der Waals surface area contributed by atoms with E-state index >= 15 is 0 Å². The first-order chi connectivity index (χ1) is 17.5. The first kappa shape index (κ1) is 23.1. The lowest BCUT2D eigenvalue weighted by Crippen LogP contribution is -2.19. The smallest absolute Gasteiger partial charge is 0.379 e. The summed E-state index contributed by atoms with van der Waals surface area (Å²) in [5.41, 5.74) is 4.67. The third kappa shape index (κ3) is 4.62. The average Bonchev–Trinajstić information content (AvgIpc) is 3.54. The van der Waals surface area contributed by atoms with Crippen LogP contribution in [0.1, 0.15) is 26.6 Å². The van der Waals surface area contributed by atoms with Gasteiger partial charge in [-0.2, -0.15) is 5.10 Å². The van der Waals surface area contributed by atoms with Gasteiger partial charge < -0.3 is 14.1 Å². The second-order valence-corrected chi connectivity index (χ2v) is 8.06. The molecular weight excluding hydrogens is 485 g/mol. The fraction of sp³-hybridized carbons (Fsp3) is 0. The summed E-state index contributed by atoms with van der Waals surface area (Å²) in [7, 11) is 0. The van der Waals surface area contributed by atoms with Crippen molar-refractivity contribution in [3.8, 4) is 16.9 Å². The van der Waals surface area contributed by atoms with Gasteiger partial charge in [-0.3, -0.25) is 4.79 Å². The summed E-state index contributed by atoms with van der Waals surface area (Å²) < 4.78 is 24.5. The van der Waals surface area contributed by atoms with E-state index in [4.69, 9.17) is 20.8 Å². The lowest BCUT2D eigenvalue weighted by Gasteiger charge is -2.07. The minimum Gasteiger partial charge on any atom is -0.457 e. The molecule has 2 aromatic heterocycles. The summed E-state index contributed by atoms with van der Waals surface area (Å²) in [5.74, 6) is -1.39. The second kappa shape index (κ2) is 9.89. The topological polar surface area (TPSA) is 96.7 Å². The number of amides is 1. The summed E-state index contributed by atoms with van der Waals surface area (Å²) in [6.07, 6.45) is 2.72. The Bertz CT molecular complexity index is 1610. The summed E-state index contributed by atoms with van der Waals surface area (Å²) >= 11 is 6.40. The summed E-state index contributed by atoms with van der Waals surface area (Å²) in [6.45, 7) is 0. The zero-order valence-corrected chi connectivity index (χ0v) is 19.3. The number of ether oxygens (including phenoxy) is 1. The van der Waals surface area contributed by atoms with Crippen molar-refractivity contribution in [1.82, 2.24) is 10.4 Å². The van der Waals surface area contributed by atoms with E-state index in [1.807, 2.05) is 0 Å². The van der Waals surface area contributed by atoms with Crippen LogP contribution in [-0.4, -0.2) is 23.1 Å². The molecule has 178 valence electrons. The van der Waals surface area contributed by atoms with Gasteiger partial charge in [-0.15, -0.1) is 0 Å². The molecule has 0 saturated carbocycles. The van der Waals surface area contributed by atoms with Crippen LogP contribution in [-0.2, 0) is 0 Å². The average molecular weight is 502 g/mol. The molecule has 5 rings (SSSR count). The number of aromatic nitrogens is 1. The van der Waals surface area contributed by atoms with Gasteiger partial charge in [0.2, 0.25) is 5.76 Å². The number of carbonyl (C=O) groups excluding carboxylic acids is 2. The Morgan fingerprint density at radius 3 is 2.64 bits per heavy atom. The molecule has 5 aromatic rings. The van der Waals surface area contributed by atoms with E-state index in [0.29, 0.717) is 32.6 Å². The monoisotopic (exact) mass is 501 g/mol. The highest BCUT2D eigenvalue weighted by Gasteiger charge is 2.21. The predicted octanol–water partition coefficient (Wildman–Crippen LogP) is 6.20. The van der Waals surface area contributed by atoms with Crippen molar-refractivity contribution in [3.05, 3.63) is 113 Å². The Labute approximate surface area is 209 Å². The molecule has 0 bridgehead atoms. The van der Waals surface area contributed by atoms with Crippen molar-refractivity contribution in [2.75, 3.05) is 0 Å². The lowest BCUT2D eigenvalue weighted by molar-refractivity contribution is 0.0701. The van der Waals surface area contributed by atoms with E-state index in [-0.39, 0.29) is 17.2 Å². The highest BCUT2D eigenvalue weighted by Crippen LogP contribution is 2.37. The van der Waals surface area contributed by atoms with Crippen LogP contribution in [0.5, 0.6) is 5.75 Å². The van der Waals surface area contributed by atoms with E-state index in [1.165, 1.54) is 30.7 Å². The summed E-state index contributed by atoms with van der Waals surface area (Å²) in [6, 6.07) is 20.9. The number of hydrazone groups is 1. The fourth-order valence-electron chi connectivity index (χ4n) is 3.72. The largest absolute Gasteiger partial charge is 0.457 e. The molecule has 2 N–H and O–H groups in total. The lowest BCUT2D eigenvalue weighted by atomic mass is 10.0. The first-order valence-electron chi connectivity index (χ1n) is 10.8. The minimum absolute atomic E-state index is 0.0531. The maximum Gasteiger partial charge on any atom is 0.379 e. The molecule has 0 atom stereocenters. The number of hydrogen-bond acceptors (Lipinski definition) is 5. The zero-order chi connectivity index (χ0) is 25.1. The highest BCUT2D eigenvalue weighted by molar-refractivity contribution is 6.34. The number of fused-ring (bicyclic) bond motifs is 1. The molecule has 0 aliphatic carbocycles. The fourth-order valence-corrected chi connectivity index (χ4v) is 3.95. The molecule has 7 nitrogen and oxygen atoms in total. The van der Waals surface area contributed by atoms with Crippen molar-refractivity contribution in [2.45, 2.75) is 0 Å². The van der Waals surface area contributed by atoms with Crippen molar-refractivity contribution >= 4 is 40.6 Å². The van der Waals surface area contributed by atoms with Gasteiger partial charge in [-0.1, -0.05) is 41.9 Å². The number of furan rings is 1. The van der Waals surface area contributed by atoms with Gasteiger partial charge in [-0.25, -0.2) is 14.6 Å². The second-order valence-electron chi connectivity index (χ2n) is 7.65. The zero-order valence-electron chi connectivity index (χ0n) is 18.5. The van der Waals surface area contributed by atoms with Gasteiger partial charge in [0.05, 0.1) is 12.5 Å². The third-order valence-electron chi connectivity index (χ3n) is 5.34. The van der Waals surface area contributed by atoms with E-state index in [9.17, 15) is 14.0 Å². The molecule has 0 unspecified atom stereocenters. The normalized spacial score (nSPS) is 11.2. The molecule has 0 radical (unpaired) electrons. The Balaban J connectivity index is 1.43. The van der Waals surface area contributed by atoms with Crippen LogP contribution in [0.2, 0.25) is 5.02 Å². The summed E-state index contributed by atoms with van der Waals surface area (Å²) in [4.78, 5) is 28.4. The Morgan fingerprint density at radius 2 is 1.83 bits per heavy atom. The molecule has 0 saturated heterocycles. The highest BCUT2D eigenvalue weighted by atomic mass is 35.5. The Hall–Kier alpha value is -4.69. The van der Waals surface area contributed by atoms with Gasteiger partial charge in [0.1, 0.15) is 17.3 Å². The number of benzene rings is 3. The van der Waals surface area contributed by atoms with E-state index in [1.54, 1.807) is 60.7 Å². The summed E-state index contributed by atoms with van der Waals surface area (Å²) in [5, 5.41) is 4.94. The molecule has 0 aliphatic rings. The number of nitrogens with zero attached hydrogens (tertiary/aromatic N) is 1. The Kier molecular flexibility index (Phi) is 6.34. The van der Waals surface area contributed by atoms with Crippen molar-refractivity contribution < 1.29 is 23.1 Å². The quantitative estimate of drug-likeness (QED) is 0.125. The predicted molar refractivity (Wildman–Crippen MR) is 134 cm³/mol. The first-order valence-corrected chi connectivity index (χ1v) is 11.1. The number of nitrogens with one attached hydrogen (secondary N) is 2. The number of carbonyl (C=O) groups is 2. The van der Waals surface area contributed by atoms with Crippen LogP contribution < -0.4 is 10.2 Å². The van der Waals surface area contributed by atoms with E-state index in [2.05, 4.69) is 15.5 Å². The number of esters is 1. The number of H-pyrrole nitrogens is 1. The molecule has 9 heteroatoms. The molecular formula is C27H17ClFN3O4. The molecule has 0 fully saturated rings. The van der Waals surface area contributed by atoms with Crippen LogP contribution in [0.25, 0.3) is 22.0 Å². The number of para-hydroxylation sites is 1. The van der Waals surface area contributed by atoms with Gasteiger partial charge in [0.25, 0.3) is 5.91 Å². The van der Waals surface area contributed by atoms with Gasteiger partial charge in [-0.05, 0) is 48.5 Å². The maximum absolute atomic E-state index is 14.0. The Morgan fingerprint density at radius 1 is 1.03 bits per heavy atom. The number of aromatic amines is 1. The molecule has 0 spiro atoms. The van der Waals surface area contributed by atoms with Crippen LogP contribution >= 0.6 is 11.6 Å². The SMILES string of the molecule is O=C(Oc1ccccc1C=NNC(=O)c1[nH]c2ccc(F)cc2c1-c1ccccc1Cl)c1ccco1. The van der Waals surface area contributed by atoms with Crippen LogP contribution in [0.3, 0.4) is 0 Å².